The van der Waals surface area contributed by atoms with Crippen molar-refractivity contribution in [1.82, 2.24) is 4.90 Å². The number of ether oxygens (including phenoxy) is 1. The number of rotatable bonds is 1. The Balaban J connectivity index is 2.23. The molecule has 1 rings (SSSR count). The summed E-state index contributed by atoms with van der Waals surface area (Å²) in [6, 6.07) is 0. The molecule has 1 saturated heterocycles. The molecular weight excluding hydrogens is 229 g/mol. The molecule has 0 bridgehead atoms. The van der Waals surface area contributed by atoms with Gasteiger partial charge in [0.25, 0.3) is 0 Å². The highest BCUT2D eigenvalue weighted by molar-refractivity contribution is 14.1. The Morgan fingerprint density at radius 3 is 2.33 bits per heavy atom. The van der Waals surface area contributed by atoms with E-state index in [2.05, 4.69) is 34.4 Å². The first-order valence-corrected chi connectivity index (χ1v) is 4.51. The Morgan fingerprint density at radius 2 is 2.00 bits per heavy atom. The average Bonchev–Trinajstić information content (AvgIpc) is 1.90. The standard InChI is InChI=1S/C6H12INO/c1-6(7)8-2-4-9-5-3-8/h6H,2-5H2,1H3/t6-/m1/s1. The third-order valence-corrected chi connectivity index (χ3v) is 2.34. The molecule has 0 radical (unpaired) electrons. The summed E-state index contributed by atoms with van der Waals surface area (Å²) in [5.74, 6) is 0. The van der Waals surface area contributed by atoms with E-state index in [1.807, 2.05) is 0 Å². The highest BCUT2D eigenvalue weighted by Gasteiger charge is 2.13. The molecular formula is C6H12INO. The van der Waals surface area contributed by atoms with Crippen molar-refractivity contribution in [3.05, 3.63) is 0 Å². The van der Waals surface area contributed by atoms with Gasteiger partial charge in [-0.25, -0.2) is 0 Å². The smallest absolute Gasteiger partial charge is 0.0594 e. The van der Waals surface area contributed by atoms with Gasteiger partial charge in [0.2, 0.25) is 0 Å². The van der Waals surface area contributed by atoms with Crippen molar-refractivity contribution >= 4 is 22.6 Å². The molecule has 0 aliphatic carbocycles. The average molecular weight is 241 g/mol. The second-order valence-corrected chi connectivity index (χ2v) is 4.03. The van der Waals surface area contributed by atoms with Crippen LogP contribution < -0.4 is 0 Å². The van der Waals surface area contributed by atoms with Crippen LogP contribution in [-0.4, -0.2) is 35.3 Å². The van der Waals surface area contributed by atoms with Crippen molar-refractivity contribution in [2.24, 2.45) is 0 Å². The molecule has 3 heteroatoms. The molecule has 0 saturated carbocycles. The summed E-state index contributed by atoms with van der Waals surface area (Å²) in [7, 11) is 0. The lowest BCUT2D eigenvalue weighted by Crippen LogP contribution is -2.39. The SMILES string of the molecule is C[C@H](I)N1CCOCC1. The maximum atomic E-state index is 5.20. The Bertz CT molecular complexity index is 81.1. The first-order valence-electron chi connectivity index (χ1n) is 3.26. The van der Waals surface area contributed by atoms with Crippen molar-refractivity contribution in [2.75, 3.05) is 26.3 Å². The van der Waals surface area contributed by atoms with Gasteiger partial charge in [-0.3, -0.25) is 4.90 Å². The highest BCUT2D eigenvalue weighted by atomic mass is 127. The van der Waals surface area contributed by atoms with E-state index in [9.17, 15) is 0 Å². The fourth-order valence-corrected chi connectivity index (χ4v) is 1.49. The molecule has 1 aliphatic heterocycles. The van der Waals surface area contributed by atoms with E-state index < -0.39 is 0 Å². The molecule has 1 atom stereocenters. The van der Waals surface area contributed by atoms with Crippen molar-refractivity contribution in [3.63, 3.8) is 0 Å². The van der Waals surface area contributed by atoms with Crippen LogP contribution >= 0.6 is 22.6 Å². The highest BCUT2D eigenvalue weighted by Crippen LogP contribution is 2.08. The fraction of sp³-hybridized carbons (Fsp3) is 1.00. The van der Waals surface area contributed by atoms with Crippen LogP contribution in [0, 0.1) is 0 Å². The summed E-state index contributed by atoms with van der Waals surface area (Å²) in [5.41, 5.74) is 0. The van der Waals surface area contributed by atoms with E-state index in [0.717, 1.165) is 26.3 Å². The number of halogens is 1. The largest absolute Gasteiger partial charge is 0.379 e. The van der Waals surface area contributed by atoms with Gasteiger partial charge in [0.15, 0.2) is 0 Å². The molecule has 1 aliphatic rings. The van der Waals surface area contributed by atoms with Crippen molar-refractivity contribution in [2.45, 2.75) is 11.0 Å². The van der Waals surface area contributed by atoms with Gasteiger partial charge in [-0.2, -0.15) is 0 Å². The van der Waals surface area contributed by atoms with Crippen LogP contribution in [0.2, 0.25) is 0 Å². The molecule has 0 spiro atoms. The maximum Gasteiger partial charge on any atom is 0.0594 e. The number of morpholine rings is 1. The molecule has 0 N–H and O–H groups in total. The lowest BCUT2D eigenvalue weighted by molar-refractivity contribution is 0.0375. The zero-order chi connectivity index (χ0) is 6.69. The maximum absolute atomic E-state index is 5.20. The third kappa shape index (κ3) is 2.39. The summed E-state index contributed by atoms with van der Waals surface area (Å²) in [5, 5.41) is 0. The van der Waals surface area contributed by atoms with Gasteiger partial charge in [-0.05, 0) is 6.92 Å². The predicted molar refractivity (Wildman–Crippen MR) is 45.9 cm³/mol. The molecule has 1 fully saturated rings. The molecule has 0 unspecified atom stereocenters. The van der Waals surface area contributed by atoms with Crippen molar-refractivity contribution in [1.29, 1.82) is 0 Å². The minimum absolute atomic E-state index is 0.659. The molecule has 0 amide bonds. The van der Waals surface area contributed by atoms with Gasteiger partial charge in [-0.15, -0.1) is 0 Å². The Kier molecular flexibility index (Phi) is 3.21. The minimum Gasteiger partial charge on any atom is -0.379 e. The summed E-state index contributed by atoms with van der Waals surface area (Å²) in [6.07, 6.45) is 0. The van der Waals surface area contributed by atoms with E-state index >= 15 is 0 Å². The summed E-state index contributed by atoms with van der Waals surface area (Å²) >= 11 is 2.43. The van der Waals surface area contributed by atoms with Crippen LogP contribution in [-0.2, 0) is 4.74 Å². The minimum atomic E-state index is 0.659. The Hall–Kier alpha value is 0.650. The van der Waals surface area contributed by atoms with E-state index in [1.165, 1.54) is 0 Å². The number of alkyl halides is 1. The fourth-order valence-electron chi connectivity index (χ4n) is 0.933. The van der Waals surface area contributed by atoms with Crippen molar-refractivity contribution < 1.29 is 4.74 Å². The van der Waals surface area contributed by atoms with Crippen LogP contribution in [0.5, 0.6) is 0 Å². The molecule has 2 nitrogen and oxygen atoms in total. The van der Waals surface area contributed by atoms with Gasteiger partial charge < -0.3 is 4.74 Å². The van der Waals surface area contributed by atoms with Gasteiger partial charge in [0, 0.05) is 13.1 Å². The van der Waals surface area contributed by atoms with Crippen LogP contribution in [0.3, 0.4) is 0 Å². The van der Waals surface area contributed by atoms with Gasteiger partial charge in [-0.1, -0.05) is 22.6 Å². The van der Waals surface area contributed by atoms with E-state index in [-0.39, 0.29) is 0 Å². The normalized spacial score (nSPS) is 26.0. The van der Waals surface area contributed by atoms with Gasteiger partial charge >= 0.3 is 0 Å². The summed E-state index contributed by atoms with van der Waals surface area (Å²) < 4.78 is 5.86. The number of hydrogen-bond donors (Lipinski definition) is 0. The lowest BCUT2D eigenvalue weighted by Gasteiger charge is -2.28. The predicted octanol–water partition coefficient (Wildman–Crippen LogP) is 1.10. The monoisotopic (exact) mass is 241 g/mol. The Labute approximate surface area is 69.7 Å². The van der Waals surface area contributed by atoms with E-state index in [0.29, 0.717) is 4.05 Å². The van der Waals surface area contributed by atoms with Crippen LogP contribution in [0.25, 0.3) is 0 Å². The molecule has 0 aromatic rings. The molecule has 0 aromatic heterocycles. The quantitative estimate of drug-likeness (QED) is 0.387. The first kappa shape index (κ1) is 7.75. The van der Waals surface area contributed by atoms with E-state index in [1.54, 1.807) is 0 Å². The molecule has 1 heterocycles. The zero-order valence-electron chi connectivity index (χ0n) is 5.64. The molecule has 54 valence electrons. The lowest BCUT2D eigenvalue weighted by atomic mass is 10.4. The van der Waals surface area contributed by atoms with Crippen LogP contribution in [0.1, 0.15) is 6.92 Å². The Morgan fingerprint density at radius 1 is 1.44 bits per heavy atom. The van der Waals surface area contributed by atoms with Crippen LogP contribution in [0.15, 0.2) is 0 Å². The zero-order valence-corrected chi connectivity index (χ0v) is 7.80. The van der Waals surface area contributed by atoms with Gasteiger partial charge in [0.05, 0.1) is 17.3 Å². The summed E-state index contributed by atoms with van der Waals surface area (Å²) in [6.45, 7) is 6.24. The third-order valence-electron chi connectivity index (χ3n) is 1.55. The molecule has 9 heavy (non-hydrogen) atoms. The summed E-state index contributed by atoms with van der Waals surface area (Å²) in [4.78, 5) is 2.42. The number of hydrogen-bond acceptors (Lipinski definition) is 2. The van der Waals surface area contributed by atoms with Crippen molar-refractivity contribution in [3.8, 4) is 0 Å². The van der Waals surface area contributed by atoms with E-state index in [4.69, 9.17) is 4.74 Å². The topological polar surface area (TPSA) is 12.5 Å². The first-order chi connectivity index (χ1) is 4.30. The second kappa shape index (κ2) is 3.73. The van der Waals surface area contributed by atoms with Gasteiger partial charge in [0.1, 0.15) is 0 Å². The number of nitrogens with zero attached hydrogens (tertiary/aromatic N) is 1. The van der Waals surface area contributed by atoms with Crippen LogP contribution in [0.4, 0.5) is 0 Å². The molecule has 0 aromatic carbocycles. The second-order valence-electron chi connectivity index (χ2n) is 2.22.